The number of alkyl halides is 4. The van der Waals surface area contributed by atoms with E-state index >= 15 is 4.39 Å². The summed E-state index contributed by atoms with van der Waals surface area (Å²) in [6, 6.07) is 2.46. The number of hydrogen-bond donors (Lipinski definition) is 2. The molecule has 2 aromatic carbocycles. The molecule has 3 atom stereocenters. The third kappa shape index (κ3) is 5.03. The summed E-state index contributed by atoms with van der Waals surface area (Å²) in [5, 5.41) is 12.8. The maximum Gasteiger partial charge on any atom is 0.408 e. The van der Waals surface area contributed by atoms with Crippen LogP contribution in [0.1, 0.15) is 31.7 Å². The second-order valence-corrected chi connectivity index (χ2v) is 11.0. The summed E-state index contributed by atoms with van der Waals surface area (Å²) < 4.78 is 91.6. The number of pyridine rings is 1. The van der Waals surface area contributed by atoms with E-state index in [2.05, 4.69) is 26.2 Å². The number of ether oxygens (including phenoxy) is 1. The first-order valence-electron chi connectivity index (χ1n) is 13.5. The van der Waals surface area contributed by atoms with E-state index in [0.29, 0.717) is 18.4 Å². The first kappa shape index (κ1) is 28.8. The Labute approximate surface area is 241 Å². The Hall–Kier alpha value is -4.31. The third-order valence-corrected chi connectivity index (χ3v) is 8.19. The van der Waals surface area contributed by atoms with Crippen LogP contribution in [-0.4, -0.2) is 68.6 Å². The highest BCUT2D eigenvalue weighted by molar-refractivity contribution is 6.02. The first-order chi connectivity index (χ1) is 20.4. The molecule has 4 aromatic rings. The number of benzene rings is 2. The number of anilines is 1. The molecule has 2 fully saturated rings. The van der Waals surface area contributed by atoms with Crippen LogP contribution in [0.3, 0.4) is 0 Å². The van der Waals surface area contributed by atoms with Crippen LogP contribution in [0.2, 0.25) is 0 Å². The fourth-order valence-electron chi connectivity index (χ4n) is 6.09. The SMILES string of the molecule is C#Cc1c(F)ccc2cc(O)cc(-c3ncc4c(NC(C)C(F)(F)F)nc(OC[C@@]56CCCN5C[C@H](F)C6)nc4c3F)c12. The quantitative estimate of drug-likeness (QED) is 0.203. The van der Waals surface area contributed by atoms with E-state index in [4.69, 9.17) is 11.2 Å². The van der Waals surface area contributed by atoms with Crippen molar-refractivity contribution in [3.63, 3.8) is 0 Å². The summed E-state index contributed by atoms with van der Waals surface area (Å²) in [4.78, 5) is 14.4. The number of aromatic hydroxyl groups is 1. The van der Waals surface area contributed by atoms with Crippen LogP contribution in [0.5, 0.6) is 11.8 Å². The van der Waals surface area contributed by atoms with E-state index in [1.54, 1.807) is 0 Å². The van der Waals surface area contributed by atoms with Crippen molar-refractivity contribution >= 4 is 27.5 Å². The van der Waals surface area contributed by atoms with Crippen LogP contribution in [0.25, 0.3) is 32.9 Å². The lowest BCUT2D eigenvalue weighted by atomic mass is 9.95. The lowest BCUT2D eigenvalue weighted by Gasteiger charge is -2.30. The zero-order valence-corrected chi connectivity index (χ0v) is 22.8. The summed E-state index contributed by atoms with van der Waals surface area (Å²) in [7, 11) is 0. The van der Waals surface area contributed by atoms with Crippen molar-refractivity contribution in [1.82, 2.24) is 19.9 Å². The van der Waals surface area contributed by atoms with Crippen molar-refractivity contribution in [2.24, 2.45) is 0 Å². The molecule has 2 saturated heterocycles. The van der Waals surface area contributed by atoms with E-state index in [0.717, 1.165) is 31.7 Å². The molecule has 0 aliphatic carbocycles. The van der Waals surface area contributed by atoms with Crippen LogP contribution >= 0.6 is 0 Å². The number of phenols is 1. The molecule has 1 unspecified atom stereocenters. The smallest absolute Gasteiger partial charge is 0.408 e. The molecule has 2 N–H and O–H groups in total. The number of rotatable bonds is 6. The molecule has 6 rings (SSSR count). The van der Waals surface area contributed by atoms with Crippen LogP contribution in [-0.2, 0) is 0 Å². The summed E-state index contributed by atoms with van der Waals surface area (Å²) in [6.45, 7) is 1.76. The molecule has 0 bridgehead atoms. The molecule has 224 valence electrons. The molecule has 4 heterocycles. The van der Waals surface area contributed by atoms with Crippen LogP contribution in [0.4, 0.5) is 32.2 Å². The van der Waals surface area contributed by atoms with Crippen molar-refractivity contribution in [2.45, 2.75) is 50.1 Å². The molecule has 0 radical (unpaired) electrons. The molecule has 43 heavy (non-hydrogen) atoms. The minimum absolute atomic E-state index is 0.0469. The molecule has 0 amide bonds. The molecular formula is C30H25F6N5O2. The summed E-state index contributed by atoms with van der Waals surface area (Å²) >= 11 is 0. The second kappa shape index (κ2) is 10.4. The molecule has 7 nitrogen and oxygen atoms in total. The summed E-state index contributed by atoms with van der Waals surface area (Å²) in [5.41, 5.74) is -1.68. The lowest BCUT2D eigenvalue weighted by Crippen LogP contribution is -2.43. The van der Waals surface area contributed by atoms with Gasteiger partial charge in [-0.2, -0.15) is 23.1 Å². The fraction of sp³-hybridized carbons (Fsp3) is 0.367. The number of halogens is 6. The molecule has 13 heteroatoms. The maximum atomic E-state index is 16.3. The van der Waals surface area contributed by atoms with Crippen LogP contribution in [0.15, 0.2) is 30.5 Å². The molecular weight excluding hydrogens is 576 g/mol. The van der Waals surface area contributed by atoms with E-state index in [-0.39, 0.29) is 58.7 Å². The van der Waals surface area contributed by atoms with Crippen molar-refractivity contribution in [1.29, 1.82) is 0 Å². The van der Waals surface area contributed by atoms with E-state index < -0.39 is 47.1 Å². The van der Waals surface area contributed by atoms with E-state index in [1.807, 2.05) is 4.90 Å². The average molecular weight is 602 g/mol. The zero-order chi connectivity index (χ0) is 30.7. The van der Waals surface area contributed by atoms with Crippen LogP contribution in [0, 0.1) is 24.0 Å². The Morgan fingerprint density at radius 2 is 2.05 bits per heavy atom. The standard InChI is InChI=1S/C30H25F6N5O2/c1-3-19-22(32)6-5-16-9-18(42)10-20(23(16)19)25-24(33)26-21(12-37-25)27(38-15(2)30(34,35)36)40-28(39-26)43-14-29-7-4-8-41(29)13-17(31)11-29/h1,5-6,9-10,12,15,17,42H,4,7-8,11,13-14H2,2H3,(H,38,39,40)/t15?,17-,29+/m1/s1. The van der Waals surface area contributed by atoms with Gasteiger partial charge in [0.05, 0.1) is 16.5 Å². The highest BCUT2D eigenvalue weighted by Gasteiger charge is 2.49. The van der Waals surface area contributed by atoms with Crippen molar-refractivity contribution in [3.8, 4) is 35.4 Å². The number of phenolic OH excluding ortho intramolecular Hbond substituents is 1. The molecule has 2 aromatic heterocycles. The van der Waals surface area contributed by atoms with Crippen LogP contribution < -0.4 is 10.1 Å². The van der Waals surface area contributed by atoms with Crippen molar-refractivity contribution in [3.05, 3.63) is 47.7 Å². The number of fused-ring (bicyclic) bond motifs is 3. The largest absolute Gasteiger partial charge is 0.508 e. The van der Waals surface area contributed by atoms with Gasteiger partial charge in [-0.25, -0.2) is 13.2 Å². The highest BCUT2D eigenvalue weighted by Crippen LogP contribution is 2.41. The Bertz CT molecular complexity index is 1790. The average Bonchev–Trinajstić information content (AvgIpc) is 3.47. The number of aromatic nitrogens is 3. The van der Waals surface area contributed by atoms with Gasteiger partial charge in [-0.15, -0.1) is 6.42 Å². The first-order valence-corrected chi connectivity index (χ1v) is 13.5. The monoisotopic (exact) mass is 601 g/mol. The van der Waals surface area contributed by atoms with E-state index in [1.165, 1.54) is 12.1 Å². The predicted octanol–water partition coefficient (Wildman–Crippen LogP) is 6.13. The summed E-state index contributed by atoms with van der Waals surface area (Å²) in [6.07, 6.45) is 2.61. The Morgan fingerprint density at radius 3 is 2.79 bits per heavy atom. The predicted molar refractivity (Wildman–Crippen MR) is 147 cm³/mol. The van der Waals surface area contributed by atoms with Gasteiger partial charge in [-0.3, -0.25) is 9.88 Å². The number of terminal acetylenes is 1. The Balaban J connectivity index is 1.50. The molecule has 2 aliphatic heterocycles. The van der Waals surface area contributed by atoms with E-state index in [9.17, 15) is 27.1 Å². The second-order valence-electron chi connectivity index (χ2n) is 11.0. The van der Waals surface area contributed by atoms with Gasteiger partial charge in [-0.1, -0.05) is 12.0 Å². The Morgan fingerprint density at radius 1 is 1.26 bits per heavy atom. The molecule has 0 saturated carbocycles. The molecule has 2 aliphatic rings. The normalized spacial score (nSPS) is 21.2. The summed E-state index contributed by atoms with van der Waals surface area (Å²) in [5.74, 6) is -0.259. The zero-order valence-electron chi connectivity index (χ0n) is 22.8. The van der Waals surface area contributed by atoms with Gasteiger partial charge >= 0.3 is 12.2 Å². The highest BCUT2D eigenvalue weighted by atomic mass is 19.4. The van der Waals surface area contributed by atoms with Gasteiger partial charge in [0.25, 0.3) is 0 Å². The lowest BCUT2D eigenvalue weighted by molar-refractivity contribution is -0.138. The van der Waals surface area contributed by atoms with Gasteiger partial charge in [0.1, 0.15) is 47.4 Å². The van der Waals surface area contributed by atoms with Crippen molar-refractivity contribution < 1.29 is 36.2 Å². The van der Waals surface area contributed by atoms with Crippen molar-refractivity contribution in [2.75, 3.05) is 25.0 Å². The van der Waals surface area contributed by atoms with Gasteiger partial charge < -0.3 is 15.2 Å². The third-order valence-electron chi connectivity index (χ3n) is 8.19. The minimum atomic E-state index is -4.66. The van der Waals surface area contributed by atoms with Gasteiger partial charge in [-0.05, 0) is 49.9 Å². The fourth-order valence-corrected chi connectivity index (χ4v) is 6.09. The van der Waals surface area contributed by atoms with Gasteiger partial charge in [0.2, 0.25) is 0 Å². The number of nitrogens with zero attached hydrogens (tertiary/aromatic N) is 4. The Kier molecular flexibility index (Phi) is 7.00. The minimum Gasteiger partial charge on any atom is -0.508 e. The number of hydrogen-bond acceptors (Lipinski definition) is 7. The maximum absolute atomic E-state index is 16.3. The van der Waals surface area contributed by atoms with Gasteiger partial charge in [0, 0.05) is 30.1 Å². The number of nitrogens with one attached hydrogen (secondary N) is 1. The molecule has 0 spiro atoms. The topological polar surface area (TPSA) is 83.4 Å². The van der Waals surface area contributed by atoms with Gasteiger partial charge in [0.15, 0.2) is 5.82 Å².